The number of alkyl carbamates (subject to hydrolysis) is 1. The van der Waals surface area contributed by atoms with E-state index in [-0.39, 0.29) is 12.5 Å². The molecule has 1 aliphatic carbocycles. The first-order chi connectivity index (χ1) is 24.8. The second kappa shape index (κ2) is 15.5. The molecule has 0 fully saturated rings. The molecule has 51 heavy (non-hydrogen) atoms. The van der Waals surface area contributed by atoms with Crippen molar-refractivity contribution in [3.05, 3.63) is 167 Å². The standard InChI is InChI=1S/C41H37N3O7/c45-25-36(39(48)49)42-38(47)35(43-40(50)51-26-34-32-22-12-10-20-30(32)31-21-11-13-23-33(31)34)24-37(46)44-41(27-14-4-1-5-15-27,28-16-6-2-7-17-28)29-18-8-3-9-19-29/h1-23,34-36,45H,24-26H2,(H,42,47)(H,43,50)(H,44,46)(H,48,49)/t35-,36-/m0/s1. The largest absolute Gasteiger partial charge is 0.480 e. The van der Waals surface area contributed by atoms with Crippen LogP contribution in [0.1, 0.15) is 40.2 Å². The second-order valence-corrected chi connectivity index (χ2v) is 12.2. The van der Waals surface area contributed by atoms with E-state index >= 15 is 0 Å². The number of ether oxygens (including phenoxy) is 1. The highest BCUT2D eigenvalue weighted by Gasteiger charge is 2.39. The van der Waals surface area contributed by atoms with Gasteiger partial charge in [-0.15, -0.1) is 0 Å². The first kappa shape index (κ1) is 34.6. The molecule has 258 valence electrons. The van der Waals surface area contributed by atoms with Gasteiger partial charge in [-0.3, -0.25) is 9.59 Å². The number of aliphatic hydroxyl groups excluding tert-OH is 1. The van der Waals surface area contributed by atoms with E-state index in [1.807, 2.05) is 140 Å². The van der Waals surface area contributed by atoms with E-state index in [0.29, 0.717) is 0 Å². The molecule has 5 N–H and O–H groups in total. The molecule has 0 bridgehead atoms. The van der Waals surface area contributed by atoms with E-state index in [2.05, 4.69) is 16.0 Å². The molecule has 0 radical (unpaired) electrons. The maximum atomic E-state index is 14.2. The molecular formula is C41H37N3O7. The van der Waals surface area contributed by atoms with Crippen molar-refractivity contribution < 1.29 is 34.1 Å². The van der Waals surface area contributed by atoms with Crippen LogP contribution in [-0.2, 0) is 24.7 Å². The monoisotopic (exact) mass is 683 g/mol. The Labute approximate surface area is 295 Å². The summed E-state index contributed by atoms with van der Waals surface area (Å²) in [5.74, 6) is -3.34. The molecule has 6 rings (SSSR count). The van der Waals surface area contributed by atoms with Crippen LogP contribution in [0.2, 0.25) is 0 Å². The maximum absolute atomic E-state index is 14.2. The molecule has 0 spiro atoms. The molecule has 0 unspecified atom stereocenters. The van der Waals surface area contributed by atoms with Gasteiger partial charge < -0.3 is 30.9 Å². The Morgan fingerprint density at radius 2 is 1.08 bits per heavy atom. The summed E-state index contributed by atoms with van der Waals surface area (Å²) in [5.41, 5.74) is 5.09. The summed E-state index contributed by atoms with van der Waals surface area (Å²) in [4.78, 5) is 52.7. The molecule has 0 saturated carbocycles. The fraction of sp³-hybridized carbons (Fsp3) is 0.171. The first-order valence-corrected chi connectivity index (χ1v) is 16.5. The SMILES string of the molecule is O=C(C[C@H](NC(=O)OCC1c2ccccc2-c2ccccc21)C(=O)N[C@@H](CO)C(=O)O)NC(c1ccccc1)(c1ccccc1)c1ccccc1. The summed E-state index contributed by atoms with van der Waals surface area (Å²) in [6, 6.07) is 40.5. The van der Waals surface area contributed by atoms with Gasteiger partial charge in [-0.05, 0) is 38.9 Å². The van der Waals surface area contributed by atoms with E-state index in [0.717, 1.165) is 38.9 Å². The van der Waals surface area contributed by atoms with Gasteiger partial charge in [0.15, 0.2) is 0 Å². The summed E-state index contributed by atoms with van der Waals surface area (Å²) in [5, 5.41) is 27.0. The minimum absolute atomic E-state index is 0.0477. The first-order valence-electron chi connectivity index (χ1n) is 16.5. The van der Waals surface area contributed by atoms with Crippen LogP contribution in [0, 0.1) is 0 Å². The lowest BCUT2D eigenvalue weighted by molar-refractivity contribution is -0.143. The number of amides is 3. The Bertz CT molecular complexity index is 1860. The highest BCUT2D eigenvalue weighted by Crippen LogP contribution is 2.44. The third-order valence-corrected chi connectivity index (χ3v) is 9.09. The van der Waals surface area contributed by atoms with Crippen molar-refractivity contribution in [2.45, 2.75) is 30.0 Å². The van der Waals surface area contributed by atoms with Gasteiger partial charge in [0.2, 0.25) is 11.8 Å². The number of hydrogen-bond donors (Lipinski definition) is 5. The van der Waals surface area contributed by atoms with E-state index in [1.54, 1.807) is 0 Å². The average Bonchev–Trinajstić information content (AvgIpc) is 3.49. The highest BCUT2D eigenvalue weighted by molar-refractivity contribution is 5.93. The lowest BCUT2D eigenvalue weighted by Crippen LogP contribution is -2.55. The summed E-state index contributed by atoms with van der Waals surface area (Å²) < 4.78 is 5.66. The quantitative estimate of drug-likeness (QED) is 0.110. The second-order valence-electron chi connectivity index (χ2n) is 12.2. The van der Waals surface area contributed by atoms with Gasteiger partial charge in [0, 0.05) is 5.92 Å². The van der Waals surface area contributed by atoms with Crippen molar-refractivity contribution in [1.82, 2.24) is 16.0 Å². The minimum atomic E-state index is -1.66. The summed E-state index contributed by atoms with van der Waals surface area (Å²) >= 11 is 0. The number of rotatable bonds is 13. The van der Waals surface area contributed by atoms with Crippen LogP contribution in [0.4, 0.5) is 4.79 Å². The number of aliphatic hydroxyl groups is 1. The summed E-state index contributed by atoms with van der Waals surface area (Å²) in [6.07, 6.45) is -1.55. The molecule has 10 nitrogen and oxygen atoms in total. The Morgan fingerprint density at radius 3 is 1.53 bits per heavy atom. The molecule has 10 heteroatoms. The Morgan fingerprint density at radius 1 is 0.627 bits per heavy atom. The fourth-order valence-electron chi connectivity index (χ4n) is 6.68. The van der Waals surface area contributed by atoms with Gasteiger partial charge in [-0.1, -0.05) is 140 Å². The summed E-state index contributed by atoms with van der Waals surface area (Å²) in [6.45, 7) is -0.946. The van der Waals surface area contributed by atoms with Gasteiger partial charge in [-0.25, -0.2) is 9.59 Å². The zero-order valence-electron chi connectivity index (χ0n) is 27.6. The molecular weight excluding hydrogens is 646 g/mol. The molecule has 1 aliphatic rings. The van der Waals surface area contributed by atoms with Crippen molar-refractivity contribution in [3.63, 3.8) is 0 Å². The van der Waals surface area contributed by atoms with Gasteiger partial charge in [-0.2, -0.15) is 0 Å². The predicted octanol–water partition coefficient (Wildman–Crippen LogP) is 4.95. The topological polar surface area (TPSA) is 154 Å². The zero-order valence-corrected chi connectivity index (χ0v) is 27.6. The number of carboxylic acids is 1. The number of carbonyl (C=O) groups excluding carboxylic acids is 3. The number of carboxylic acid groups (broad SMARTS) is 1. The van der Waals surface area contributed by atoms with Crippen molar-refractivity contribution >= 4 is 23.9 Å². The van der Waals surface area contributed by atoms with Crippen LogP contribution in [0.5, 0.6) is 0 Å². The lowest BCUT2D eigenvalue weighted by atomic mass is 9.77. The summed E-state index contributed by atoms with van der Waals surface area (Å²) in [7, 11) is 0. The van der Waals surface area contributed by atoms with Crippen LogP contribution in [0.3, 0.4) is 0 Å². The lowest BCUT2D eigenvalue weighted by Gasteiger charge is -2.37. The van der Waals surface area contributed by atoms with Crippen LogP contribution >= 0.6 is 0 Å². The van der Waals surface area contributed by atoms with E-state index in [1.165, 1.54) is 0 Å². The highest BCUT2D eigenvalue weighted by atomic mass is 16.5. The minimum Gasteiger partial charge on any atom is -0.480 e. The third kappa shape index (κ3) is 7.36. The van der Waals surface area contributed by atoms with Gasteiger partial charge in [0.1, 0.15) is 24.2 Å². The van der Waals surface area contributed by atoms with Crippen molar-refractivity contribution in [2.75, 3.05) is 13.2 Å². The normalized spacial score (nSPS) is 13.2. The van der Waals surface area contributed by atoms with E-state index in [4.69, 9.17) is 4.74 Å². The van der Waals surface area contributed by atoms with Crippen LogP contribution in [-0.4, -0.2) is 59.4 Å². The van der Waals surface area contributed by atoms with Gasteiger partial charge in [0.05, 0.1) is 13.0 Å². The molecule has 2 atom stereocenters. The number of nitrogens with one attached hydrogen (secondary N) is 3. The van der Waals surface area contributed by atoms with Crippen molar-refractivity contribution in [3.8, 4) is 11.1 Å². The maximum Gasteiger partial charge on any atom is 0.407 e. The van der Waals surface area contributed by atoms with Crippen molar-refractivity contribution in [2.24, 2.45) is 0 Å². The Balaban J connectivity index is 1.27. The van der Waals surface area contributed by atoms with Crippen molar-refractivity contribution in [1.29, 1.82) is 0 Å². The molecule has 0 saturated heterocycles. The molecule has 5 aromatic carbocycles. The van der Waals surface area contributed by atoms with Crippen LogP contribution in [0.15, 0.2) is 140 Å². The number of aliphatic carboxylic acids is 1. The van der Waals surface area contributed by atoms with Gasteiger partial charge in [0.25, 0.3) is 0 Å². The zero-order chi connectivity index (χ0) is 35.8. The molecule has 3 amide bonds. The predicted molar refractivity (Wildman–Crippen MR) is 191 cm³/mol. The average molecular weight is 684 g/mol. The number of carbonyl (C=O) groups is 4. The third-order valence-electron chi connectivity index (χ3n) is 9.09. The van der Waals surface area contributed by atoms with E-state index < -0.39 is 54.5 Å². The molecule has 5 aromatic rings. The number of hydrogen-bond acceptors (Lipinski definition) is 6. The molecule has 0 aromatic heterocycles. The van der Waals surface area contributed by atoms with Gasteiger partial charge >= 0.3 is 12.1 Å². The Hall–Kier alpha value is -6.26. The smallest absolute Gasteiger partial charge is 0.407 e. The van der Waals surface area contributed by atoms with Crippen LogP contribution in [0.25, 0.3) is 11.1 Å². The number of benzene rings is 5. The van der Waals surface area contributed by atoms with E-state index in [9.17, 15) is 29.4 Å². The van der Waals surface area contributed by atoms with Crippen LogP contribution < -0.4 is 16.0 Å². The fourth-order valence-corrected chi connectivity index (χ4v) is 6.68. The molecule has 0 aliphatic heterocycles. The molecule has 0 heterocycles. The number of fused-ring (bicyclic) bond motifs is 3. The Kier molecular flexibility index (Phi) is 10.5.